The fourth-order valence-corrected chi connectivity index (χ4v) is 2.90. The monoisotopic (exact) mass is 218 g/mol. The van der Waals surface area contributed by atoms with Gasteiger partial charge in [-0.25, -0.2) is 4.98 Å². The molecule has 1 aliphatic rings. The molecule has 0 N–H and O–H groups in total. The molecule has 2 aromatic heterocycles. The number of aromatic nitrogens is 2. The predicted octanol–water partition coefficient (Wildman–Crippen LogP) is 3.51. The van der Waals surface area contributed by atoms with Gasteiger partial charge in [0.2, 0.25) is 0 Å². The van der Waals surface area contributed by atoms with Crippen LogP contribution in [0.25, 0.3) is 11.3 Å². The van der Waals surface area contributed by atoms with Crippen LogP contribution in [-0.2, 0) is 6.54 Å². The molecule has 0 spiro atoms. The lowest BCUT2D eigenvalue weighted by atomic mass is 10.0. The Hall–Kier alpha value is -1.09. The molecule has 0 bridgehead atoms. The number of nitrogens with zero attached hydrogens (tertiary/aromatic N) is 2. The van der Waals surface area contributed by atoms with Gasteiger partial charge in [-0.05, 0) is 24.3 Å². The molecular weight excluding hydrogens is 204 g/mol. The van der Waals surface area contributed by atoms with Crippen LogP contribution >= 0.6 is 11.3 Å². The summed E-state index contributed by atoms with van der Waals surface area (Å²) >= 11 is 1.73. The number of aryl methyl sites for hydroxylation is 1. The van der Waals surface area contributed by atoms with E-state index in [-0.39, 0.29) is 0 Å². The highest BCUT2D eigenvalue weighted by Gasteiger charge is 2.19. The molecule has 0 aliphatic carbocycles. The molecule has 1 aliphatic heterocycles. The maximum atomic E-state index is 4.74. The van der Waals surface area contributed by atoms with Crippen molar-refractivity contribution in [2.45, 2.75) is 32.2 Å². The maximum Gasteiger partial charge on any atom is 0.112 e. The minimum absolute atomic E-state index is 0.617. The standard InChI is InChI=1S/C12H14N2S/c1-9-3-2-5-14-7-11(13-12(9)14)10-4-6-15-8-10/h4,6-9H,2-3,5H2,1H3. The Morgan fingerprint density at radius 3 is 3.20 bits per heavy atom. The number of imidazole rings is 1. The van der Waals surface area contributed by atoms with Gasteiger partial charge in [-0.15, -0.1) is 0 Å². The molecule has 1 atom stereocenters. The van der Waals surface area contributed by atoms with E-state index in [1.165, 1.54) is 24.2 Å². The summed E-state index contributed by atoms with van der Waals surface area (Å²) in [6, 6.07) is 2.14. The van der Waals surface area contributed by atoms with Gasteiger partial charge < -0.3 is 4.57 Å². The van der Waals surface area contributed by atoms with Gasteiger partial charge in [0.25, 0.3) is 0 Å². The highest BCUT2D eigenvalue weighted by molar-refractivity contribution is 7.08. The van der Waals surface area contributed by atoms with E-state index in [1.807, 2.05) is 0 Å². The normalized spacial score (nSPS) is 20.2. The summed E-state index contributed by atoms with van der Waals surface area (Å²) in [5.41, 5.74) is 2.40. The lowest BCUT2D eigenvalue weighted by Crippen LogP contribution is -2.12. The molecule has 2 nitrogen and oxygen atoms in total. The molecule has 3 heterocycles. The second-order valence-corrected chi connectivity index (χ2v) is 5.01. The molecule has 78 valence electrons. The summed E-state index contributed by atoms with van der Waals surface area (Å²) in [5.74, 6) is 1.88. The fourth-order valence-electron chi connectivity index (χ4n) is 2.25. The van der Waals surface area contributed by atoms with Gasteiger partial charge in [0.15, 0.2) is 0 Å². The van der Waals surface area contributed by atoms with E-state index >= 15 is 0 Å². The average molecular weight is 218 g/mol. The highest BCUT2D eigenvalue weighted by Crippen LogP contribution is 2.29. The summed E-state index contributed by atoms with van der Waals surface area (Å²) in [4.78, 5) is 4.74. The smallest absolute Gasteiger partial charge is 0.112 e. The van der Waals surface area contributed by atoms with Crippen molar-refractivity contribution in [1.29, 1.82) is 0 Å². The van der Waals surface area contributed by atoms with E-state index in [1.54, 1.807) is 11.3 Å². The molecular formula is C12H14N2S. The van der Waals surface area contributed by atoms with E-state index in [0.717, 1.165) is 12.2 Å². The molecule has 0 fully saturated rings. The second kappa shape index (κ2) is 3.49. The van der Waals surface area contributed by atoms with Crippen molar-refractivity contribution in [3.8, 4) is 11.3 Å². The molecule has 0 saturated carbocycles. The summed E-state index contributed by atoms with van der Waals surface area (Å²) in [6.45, 7) is 3.41. The zero-order valence-electron chi connectivity index (χ0n) is 8.81. The quantitative estimate of drug-likeness (QED) is 0.716. The van der Waals surface area contributed by atoms with Gasteiger partial charge in [-0.1, -0.05) is 6.92 Å². The molecule has 2 aromatic rings. The first-order chi connectivity index (χ1) is 7.34. The van der Waals surface area contributed by atoms with E-state index in [9.17, 15) is 0 Å². The first-order valence-electron chi connectivity index (χ1n) is 5.44. The zero-order chi connectivity index (χ0) is 10.3. The average Bonchev–Trinajstić information content (AvgIpc) is 2.86. The molecule has 0 radical (unpaired) electrons. The van der Waals surface area contributed by atoms with Crippen molar-refractivity contribution in [1.82, 2.24) is 9.55 Å². The van der Waals surface area contributed by atoms with Gasteiger partial charge in [0.05, 0.1) is 5.69 Å². The fraction of sp³-hybridized carbons (Fsp3) is 0.417. The zero-order valence-corrected chi connectivity index (χ0v) is 9.63. The summed E-state index contributed by atoms with van der Waals surface area (Å²) in [5, 5.41) is 4.27. The van der Waals surface area contributed by atoms with Crippen LogP contribution in [0.1, 0.15) is 31.5 Å². The Kier molecular flexibility index (Phi) is 2.13. The largest absolute Gasteiger partial charge is 0.334 e. The van der Waals surface area contributed by atoms with Gasteiger partial charge in [0, 0.05) is 29.6 Å². The maximum absolute atomic E-state index is 4.74. The summed E-state index contributed by atoms with van der Waals surface area (Å²) in [7, 11) is 0. The van der Waals surface area contributed by atoms with Gasteiger partial charge in [0.1, 0.15) is 5.82 Å². The predicted molar refractivity (Wildman–Crippen MR) is 63.2 cm³/mol. The number of hydrogen-bond acceptors (Lipinski definition) is 2. The molecule has 0 amide bonds. The third-order valence-corrected chi connectivity index (χ3v) is 3.78. The third-order valence-electron chi connectivity index (χ3n) is 3.10. The number of rotatable bonds is 1. The van der Waals surface area contributed by atoms with E-state index in [2.05, 4.69) is 34.5 Å². The highest BCUT2D eigenvalue weighted by atomic mass is 32.1. The molecule has 15 heavy (non-hydrogen) atoms. The van der Waals surface area contributed by atoms with Gasteiger partial charge >= 0.3 is 0 Å². The Balaban J connectivity index is 2.06. The summed E-state index contributed by atoms with van der Waals surface area (Å²) in [6.07, 6.45) is 4.76. The van der Waals surface area contributed by atoms with Crippen molar-refractivity contribution in [3.05, 3.63) is 28.8 Å². The third kappa shape index (κ3) is 1.51. The molecule has 1 unspecified atom stereocenters. The minimum Gasteiger partial charge on any atom is -0.334 e. The topological polar surface area (TPSA) is 17.8 Å². The van der Waals surface area contributed by atoms with Crippen LogP contribution in [-0.4, -0.2) is 9.55 Å². The van der Waals surface area contributed by atoms with Crippen LogP contribution in [0.4, 0.5) is 0 Å². The van der Waals surface area contributed by atoms with Crippen LogP contribution in [0.15, 0.2) is 23.0 Å². The second-order valence-electron chi connectivity index (χ2n) is 4.23. The lowest BCUT2D eigenvalue weighted by molar-refractivity contribution is 0.463. The first-order valence-corrected chi connectivity index (χ1v) is 6.38. The van der Waals surface area contributed by atoms with Crippen molar-refractivity contribution < 1.29 is 0 Å². The van der Waals surface area contributed by atoms with E-state index in [0.29, 0.717) is 5.92 Å². The van der Waals surface area contributed by atoms with Gasteiger partial charge in [-0.3, -0.25) is 0 Å². The van der Waals surface area contributed by atoms with Crippen LogP contribution in [0.3, 0.4) is 0 Å². The Labute approximate surface area is 93.6 Å². The first kappa shape index (κ1) is 9.16. The SMILES string of the molecule is CC1CCCn2cc(-c3ccsc3)nc21. The van der Waals surface area contributed by atoms with Crippen LogP contribution < -0.4 is 0 Å². The lowest BCUT2D eigenvalue weighted by Gasteiger charge is -2.19. The van der Waals surface area contributed by atoms with Crippen LogP contribution in [0, 0.1) is 0 Å². The van der Waals surface area contributed by atoms with Crippen molar-refractivity contribution >= 4 is 11.3 Å². The minimum atomic E-state index is 0.617. The van der Waals surface area contributed by atoms with E-state index < -0.39 is 0 Å². The van der Waals surface area contributed by atoms with Crippen molar-refractivity contribution in [3.63, 3.8) is 0 Å². The van der Waals surface area contributed by atoms with E-state index in [4.69, 9.17) is 4.98 Å². The molecule has 0 aromatic carbocycles. The number of hydrogen-bond donors (Lipinski definition) is 0. The Morgan fingerprint density at radius 1 is 1.53 bits per heavy atom. The Morgan fingerprint density at radius 2 is 2.47 bits per heavy atom. The molecule has 3 heteroatoms. The van der Waals surface area contributed by atoms with Crippen molar-refractivity contribution in [2.24, 2.45) is 0 Å². The Bertz CT molecular complexity index is 456. The van der Waals surface area contributed by atoms with Crippen LogP contribution in [0.2, 0.25) is 0 Å². The number of thiophene rings is 1. The molecule has 0 saturated heterocycles. The number of fused-ring (bicyclic) bond motifs is 1. The summed E-state index contributed by atoms with van der Waals surface area (Å²) < 4.78 is 2.32. The van der Waals surface area contributed by atoms with Crippen LogP contribution in [0.5, 0.6) is 0 Å². The van der Waals surface area contributed by atoms with Gasteiger partial charge in [-0.2, -0.15) is 11.3 Å². The van der Waals surface area contributed by atoms with Crippen molar-refractivity contribution in [2.75, 3.05) is 0 Å². The molecule has 3 rings (SSSR count).